The van der Waals surface area contributed by atoms with Crippen LogP contribution in [0, 0.1) is 5.92 Å². The highest BCUT2D eigenvalue weighted by atomic mass is 15.3. The van der Waals surface area contributed by atoms with Crippen molar-refractivity contribution in [2.45, 2.75) is 33.2 Å². The molecule has 0 saturated carbocycles. The van der Waals surface area contributed by atoms with Gasteiger partial charge in [0, 0.05) is 32.0 Å². The van der Waals surface area contributed by atoms with Crippen molar-refractivity contribution in [2.75, 3.05) is 13.1 Å². The average Bonchev–Trinajstić information content (AvgIpc) is 2.85. The summed E-state index contributed by atoms with van der Waals surface area (Å²) in [6.45, 7) is 6.90. The second kappa shape index (κ2) is 8.52. The van der Waals surface area contributed by atoms with E-state index >= 15 is 0 Å². The molecular formula is C12H24N6. The molecule has 0 aliphatic rings. The van der Waals surface area contributed by atoms with Crippen LogP contribution in [0.15, 0.2) is 23.7 Å². The molecule has 0 spiro atoms. The monoisotopic (exact) mass is 252 g/mol. The molecule has 0 aliphatic heterocycles. The fraction of sp³-hybridized carbons (Fsp3) is 0.667. The van der Waals surface area contributed by atoms with E-state index < -0.39 is 0 Å². The van der Waals surface area contributed by atoms with Gasteiger partial charge in [-0.1, -0.05) is 13.8 Å². The van der Waals surface area contributed by atoms with Crippen molar-refractivity contribution in [3.8, 4) is 0 Å². The van der Waals surface area contributed by atoms with Gasteiger partial charge in [-0.05, 0) is 18.8 Å². The SMILES string of the molecule is CC(C)CN=C(NN)NCCCCn1ccnc1. The average molecular weight is 252 g/mol. The number of aromatic nitrogens is 2. The Balaban J connectivity index is 2.10. The van der Waals surface area contributed by atoms with Gasteiger partial charge in [0.05, 0.1) is 6.33 Å². The number of nitrogens with one attached hydrogen (secondary N) is 2. The Bertz CT molecular complexity index is 330. The molecule has 6 heteroatoms. The molecule has 0 amide bonds. The summed E-state index contributed by atoms with van der Waals surface area (Å²) in [6.07, 6.45) is 7.79. The van der Waals surface area contributed by atoms with E-state index in [2.05, 4.69) is 39.1 Å². The predicted molar refractivity (Wildman–Crippen MR) is 73.9 cm³/mol. The second-order valence-corrected chi connectivity index (χ2v) is 4.66. The van der Waals surface area contributed by atoms with Crippen molar-refractivity contribution in [2.24, 2.45) is 16.8 Å². The number of hydrogen-bond donors (Lipinski definition) is 3. The maximum absolute atomic E-state index is 5.40. The molecule has 0 aliphatic carbocycles. The first-order valence-electron chi connectivity index (χ1n) is 6.43. The van der Waals surface area contributed by atoms with Crippen LogP contribution < -0.4 is 16.6 Å². The largest absolute Gasteiger partial charge is 0.355 e. The number of nitrogens with two attached hydrogens (primary N) is 1. The Labute approximate surface area is 109 Å². The molecule has 0 atom stereocenters. The molecule has 1 aromatic rings. The van der Waals surface area contributed by atoms with Crippen LogP contribution >= 0.6 is 0 Å². The number of nitrogens with zero attached hydrogens (tertiary/aromatic N) is 3. The molecule has 102 valence electrons. The quantitative estimate of drug-likeness (QED) is 0.220. The smallest absolute Gasteiger partial charge is 0.205 e. The minimum Gasteiger partial charge on any atom is -0.355 e. The van der Waals surface area contributed by atoms with Gasteiger partial charge in [-0.2, -0.15) is 0 Å². The molecule has 0 fully saturated rings. The van der Waals surface area contributed by atoms with Crippen molar-refractivity contribution in [1.82, 2.24) is 20.3 Å². The molecule has 6 nitrogen and oxygen atoms in total. The lowest BCUT2D eigenvalue weighted by Crippen LogP contribution is -2.42. The summed E-state index contributed by atoms with van der Waals surface area (Å²) in [5.41, 5.74) is 2.59. The molecule has 0 saturated heterocycles. The number of imidazole rings is 1. The van der Waals surface area contributed by atoms with E-state index in [0.717, 1.165) is 32.5 Å². The minimum atomic E-state index is 0.538. The zero-order valence-corrected chi connectivity index (χ0v) is 11.3. The maximum atomic E-state index is 5.40. The summed E-state index contributed by atoms with van der Waals surface area (Å²) in [6, 6.07) is 0. The standard InChI is InChI=1S/C12H24N6/c1-11(2)9-16-12(17-13)15-5-3-4-7-18-8-6-14-10-18/h6,8,10-11H,3-5,7,9,13H2,1-2H3,(H2,15,16,17). The van der Waals surface area contributed by atoms with E-state index in [-0.39, 0.29) is 0 Å². The fourth-order valence-electron chi connectivity index (χ4n) is 1.47. The Morgan fingerprint density at radius 1 is 1.44 bits per heavy atom. The lowest BCUT2D eigenvalue weighted by atomic mass is 10.2. The normalized spacial score (nSPS) is 11.9. The third-order valence-electron chi connectivity index (χ3n) is 2.45. The number of aliphatic imine (C=N–C) groups is 1. The lowest BCUT2D eigenvalue weighted by Gasteiger charge is -2.10. The van der Waals surface area contributed by atoms with Gasteiger partial charge in [0.25, 0.3) is 0 Å². The Morgan fingerprint density at radius 3 is 2.89 bits per heavy atom. The van der Waals surface area contributed by atoms with Crippen LogP contribution in [0.25, 0.3) is 0 Å². The van der Waals surface area contributed by atoms with E-state index in [0.29, 0.717) is 11.9 Å². The molecule has 18 heavy (non-hydrogen) atoms. The zero-order chi connectivity index (χ0) is 13.2. The summed E-state index contributed by atoms with van der Waals surface area (Å²) in [4.78, 5) is 8.35. The summed E-state index contributed by atoms with van der Waals surface area (Å²) < 4.78 is 2.08. The second-order valence-electron chi connectivity index (χ2n) is 4.66. The number of guanidine groups is 1. The number of hydrazine groups is 1. The van der Waals surface area contributed by atoms with Crippen LogP contribution in [0.4, 0.5) is 0 Å². The molecule has 1 aromatic heterocycles. The Kier molecular flexibility index (Phi) is 6.86. The Hall–Kier alpha value is -1.56. The highest BCUT2D eigenvalue weighted by Gasteiger charge is 1.97. The fourth-order valence-corrected chi connectivity index (χ4v) is 1.47. The molecule has 0 radical (unpaired) electrons. The van der Waals surface area contributed by atoms with Gasteiger partial charge in [-0.25, -0.2) is 10.8 Å². The van der Waals surface area contributed by atoms with Gasteiger partial charge in [-0.3, -0.25) is 10.4 Å². The molecule has 0 unspecified atom stereocenters. The first kappa shape index (κ1) is 14.5. The van der Waals surface area contributed by atoms with E-state index in [1.807, 2.05) is 12.5 Å². The van der Waals surface area contributed by atoms with Crippen LogP contribution in [-0.2, 0) is 6.54 Å². The van der Waals surface area contributed by atoms with Gasteiger partial charge in [0.2, 0.25) is 5.96 Å². The van der Waals surface area contributed by atoms with E-state index in [1.54, 1.807) is 6.20 Å². The van der Waals surface area contributed by atoms with Crippen molar-refractivity contribution < 1.29 is 0 Å². The van der Waals surface area contributed by atoms with Crippen molar-refractivity contribution in [3.63, 3.8) is 0 Å². The summed E-state index contributed by atoms with van der Waals surface area (Å²) in [7, 11) is 0. The number of rotatable bonds is 7. The zero-order valence-electron chi connectivity index (χ0n) is 11.3. The van der Waals surface area contributed by atoms with Crippen LogP contribution in [0.3, 0.4) is 0 Å². The van der Waals surface area contributed by atoms with Crippen molar-refractivity contribution in [1.29, 1.82) is 0 Å². The maximum Gasteiger partial charge on any atom is 0.205 e. The number of aryl methyl sites for hydroxylation is 1. The first-order chi connectivity index (χ1) is 8.72. The minimum absolute atomic E-state index is 0.538. The van der Waals surface area contributed by atoms with Crippen LogP contribution in [0.5, 0.6) is 0 Å². The highest BCUT2D eigenvalue weighted by molar-refractivity contribution is 5.79. The van der Waals surface area contributed by atoms with Crippen LogP contribution in [-0.4, -0.2) is 28.6 Å². The van der Waals surface area contributed by atoms with E-state index in [9.17, 15) is 0 Å². The van der Waals surface area contributed by atoms with E-state index in [1.165, 1.54) is 0 Å². The third kappa shape index (κ3) is 6.24. The van der Waals surface area contributed by atoms with Gasteiger partial charge >= 0.3 is 0 Å². The third-order valence-corrected chi connectivity index (χ3v) is 2.45. The van der Waals surface area contributed by atoms with Crippen molar-refractivity contribution >= 4 is 5.96 Å². The number of hydrogen-bond acceptors (Lipinski definition) is 3. The van der Waals surface area contributed by atoms with Crippen molar-refractivity contribution in [3.05, 3.63) is 18.7 Å². The lowest BCUT2D eigenvalue weighted by molar-refractivity contribution is 0.597. The summed E-state index contributed by atoms with van der Waals surface area (Å²) in [5, 5.41) is 3.19. The molecule has 1 rings (SSSR count). The first-order valence-corrected chi connectivity index (χ1v) is 6.43. The van der Waals surface area contributed by atoms with E-state index in [4.69, 9.17) is 5.84 Å². The molecular weight excluding hydrogens is 228 g/mol. The predicted octanol–water partition coefficient (Wildman–Crippen LogP) is 0.728. The van der Waals surface area contributed by atoms with Gasteiger partial charge in [0.15, 0.2) is 0 Å². The molecule has 0 bridgehead atoms. The summed E-state index contributed by atoms with van der Waals surface area (Å²) in [5.74, 6) is 6.61. The highest BCUT2D eigenvalue weighted by Crippen LogP contribution is 1.94. The molecule has 1 heterocycles. The van der Waals surface area contributed by atoms with Crippen LogP contribution in [0.1, 0.15) is 26.7 Å². The molecule has 4 N–H and O–H groups in total. The van der Waals surface area contributed by atoms with Gasteiger partial charge in [-0.15, -0.1) is 0 Å². The topological polar surface area (TPSA) is 80.3 Å². The van der Waals surface area contributed by atoms with Crippen LogP contribution in [0.2, 0.25) is 0 Å². The van der Waals surface area contributed by atoms with Gasteiger partial charge < -0.3 is 9.88 Å². The van der Waals surface area contributed by atoms with Gasteiger partial charge in [0.1, 0.15) is 0 Å². The molecule has 0 aromatic carbocycles. The Morgan fingerprint density at radius 2 is 2.28 bits per heavy atom. The summed E-state index contributed by atoms with van der Waals surface area (Å²) >= 11 is 0. The number of unbranched alkanes of at least 4 members (excludes halogenated alkanes) is 1.